The number of aliphatic hydroxyl groups excluding tert-OH is 1. The van der Waals surface area contributed by atoms with Crippen molar-refractivity contribution in [2.24, 2.45) is 5.92 Å². The highest BCUT2D eigenvalue weighted by molar-refractivity contribution is 5.89. The van der Waals surface area contributed by atoms with Crippen LogP contribution in [-0.2, 0) is 14.3 Å². The first kappa shape index (κ1) is 25.2. The zero-order valence-electron chi connectivity index (χ0n) is 19.5. The Bertz CT molecular complexity index is 976. The Morgan fingerprint density at radius 3 is 2.00 bits per heavy atom. The summed E-state index contributed by atoms with van der Waals surface area (Å²) < 4.78 is 5.54. The number of carbonyl (C=O) groups is 3. The lowest BCUT2D eigenvalue weighted by molar-refractivity contribution is -0.142. The van der Waals surface area contributed by atoms with Gasteiger partial charge in [0.15, 0.2) is 0 Å². The summed E-state index contributed by atoms with van der Waals surface area (Å²) >= 11 is 0. The van der Waals surface area contributed by atoms with Gasteiger partial charge in [-0.15, -0.1) is 0 Å². The normalized spacial score (nSPS) is 14.1. The molecule has 8 heteroatoms. The highest BCUT2D eigenvalue weighted by Crippen LogP contribution is 2.44. The molecule has 1 aliphatic carbocycles. The molecule has 2 amide bonds. The molecular formula is C26H32N2O6. The first-order valence-corrected chi connectivity index (χ1v) is 11.6. The summed E-state index contributed by atoms with van der Waals surface area (Å²) in [4.78, 5) is 36.8. The van der Waals surface area contributed by atoms with E-state index in [4.69, 9.17) is 9.84 Å². The second-order valence-electron chi connectivity index (χ2n) is 8.91. The summed E-state index contributed by atoms with van der Waals surface area (Å²) in [6, 6.07) is 13.8. The number of amides is 2. The zero-order chi connectivity index (χ0) is 24.7. The smallest absolute Gasteiger partial charge is 0.407 e. The Balaban J connectivity index is 1.66. The molecule has 0 radical (unpaired) electrons. The SMILES string of the molecule is CC(C)CCC(NC(=O)OCC1c2ccccc2-c2ccccc21)C(=O)NC(CCO)C(=O)O. The van der Waals surface area contributed by atoms with Crippen molar-refractivity contribution in [1.82, 2.24) is 10.6 Å². The number of ether oxygens (including phenoxy) is 1. The number of alkyl carbamates (subject to hydrolysis) is 1. The fourth-order valence-corrected chi connectivity index (χ4v) is 4.21. The molecule has 4 N–H and O–H groups in total. The quantitative estimate of drug-likeness (QED) is 0.401. The monoisotopic (exact) mass is 468 g/mol. The molecule has 182 valence electrons. The van der Waals surface area contributed by atoms with Gasteiger partial charge in [-0.1, -0.05) is 62.4 Å². The van der Waals surface area contributed by atoms with Crippen LogP contribution in [0.5, 0.6) is 0 Å². The lowest BCUT2D eigenvalue weighted by Crippen LogP contribution is -2.52. The fourth-order valence-electron chi connectivity index (χ4n) is 4.21. The number of carboxylic acids is 1. The van der Waals surface area contributed by atoms with Crippen LogP contribution >= 0.6 is 0 Å². The summed E-state index contributed by atoms with van der Waals surface area (Å²) in [5, 5.41) is 23.3. The van der Waals surface area contributed by atoms with Crippen molar-refractivity contribution in [1.29, 1.82) is 0 Å². The van der Waals surface area contributed by atoms with Crippen molar-refractivity contribution in [2.45, 2.75) is 51.1 Å². The standard InChI is InChI=1S/C26H32N2O6/c1-16(2)11-12-22(24(30)27-23(13-14-29)25(31)32)28-26(33)34-15-21-19-9-5-3-7-17(19)18-8-4-6-10-20(18)21/h3-10,16,21-23,29H,11-15H2,1-2H3,(H,27,30)(H,28,33)(H,31,32). The molecule has 2 unspecified atom stereocenters. The summed E-state index contributed by atoms with van der Waals surface area (Å²) in [6.45, 7) is 3.72. The summed E-state index contributed by atoms with van der Waals surface area (Å²) in [5.74, 6) is -1.68. The average molecular weight is 469 g/mol. The van der Waals surface area contributed by atoms with Gasteiger partial charge >= 0.3 is 12.1 Å². The minimum Gasteiger partial charge on any atom is -0.480 e. The van der Waals surface area contributed by atoms with E-state index in [1.807, 2.05) is 62.4 Å². The minimum atomic E-state index is -1.24. The third-order valence-electron chi connectivity index (χ3n) is 6.02. The molecule has 2 atom stereocenters. The highest BCUT2D eigenvalue weighted by atomic mass is 16.5. The maximum absolute atomic E-state index is 12.7. The number of aliphatic hydroxyl groups is 1. The number of fused-ring (bicyclic) bond motifs is 3. The van der Waals surface area contributed by atoms with Crippen molar-refractivity contribution < 1.29 is 29.3 Å². The van der Waals surface area contributed by atoms with Gasteiger partial charge in [-0.3, -0.25) is 4.79 Å². The second kappa shape index (κ2) is 11.7. The van der Waals surface area contributed by atoms with E-state index in [0.29, 0.717) is 12.8 Å². The van der Waals surface area contributed by atoms with E-state index in [-0.39, 0.29) is 31.5 Å². The molecule has 0 aliphatic heterocycles. The van der Waals surface area contributed by atoms with Crippen molar-refractivity contribution in [3.8, 4) is 11.1 Å². The molecule has 34 heavy (non-hydrogen) atoms. The van der Waals surface area contributed by atoms with Gasteiger partial charge in [0.2, 0.25) is 5.91 Å². The molecule has 0 saturated carbocycles. The Labute approximate surface area is 199 Å². The lowest BCUT2D eigenvalue weighted by Gasteiger charge is -2.22. The molecule has 0 spiro atoms. The molecule has 1 aliphatic rings. The van der Waals surface area contributed by atoms with Gasteiger partial charge in [0.1, 0.15) is 18.7 Å². The zero-order valence-corrected chi connectivity index (χ0v) is 19.5. The summed E-state index contributed by atoms with van der Waals surface area (Å²) in [5.41, 5.74) is 4.40. The molecule has 0 aromatic heterocycles. The van der Waals surface area contributed by atoms with Gasteiger partial charge in [0.25, 0.3) is 0 Å². The van der Waals surface area contributed by atoms with Gasteiger partial charge in [-0.2, -0.15) is 0 Å². The van der Waals surface area contributed by atoms with Crippen LogP contribution in [0.3, 0.4) is 0 Å². The third kappa shape index (κ3) is 6.14. The molecule has 2 aromatic carbocycles. The number of aliphatic carboxylic acids is 1. The van der Waals surface area contributed by atoms with Crippen LogP contribution in [0.1, 0.15) is 50.2 Å². The molecule has 0 bridgehead atoms. The Kier molecular flexibility index (Phi) is 8.65. The number of carboxylic acid groups (broad SMARTS) is 1. The van der Waals surface area contributed by atoms with Crippen molar-refractivity contribution >= 4 is 18.0 Å². The number of hydrogen-bond acceptors (Lipinski definition) is 5. The first-order chi connectivity index (χ1) is 16.3. The van der Waals surface area contributed by atoms with Crippen LogP contribution in [0.15, 0.2) is 48.5 Å². The van der Waals surface area contributed by atoms with Gasteiger partial charge in [0, 0.05) is 18.9 Å². The van der Waals surface area contributed by atoms with Gasteiger partial charge < -0.3 is 25.6 Å². The second-order valence-corrected chi connectivity index (χ2v) is 8.91. The number of hydrogen-bond donors (Lipinski definition) is 4. The highest BCUT2D eigenvalue weighted by Gasteiger charge is 2.30. The van der Waals surface area contributed by atoms with Crippen LogP contribution in [0, 0.1) is 5.92 Å². The first-order valence-electron chi connectivity index (χ1n) is 11.6. The van der Waals surface area contributed by atoms with E-state index >= 15 is 0 Å². The molecule has 3 rings (SSSR count). The maximum Gasteiger partial charge on any atom is 0.407 e. The number of benzene rings is 2. The van der Waals surface area contributed by atoms with E-state index < -0.39 is 30.1 Å². The van der Waals surface area contributed by atoms with Crippen LogP contribution in [0.2, 0.25) is 0 Å². The maximum atomic E-state index is 12.7. The van der Waals surface area contributed by atoms with Gasteiger partial charge in [0.05, 0.1) is 0 Å². The van der Waals surface area contributed by atoms with Gasteiger partial charge in [-0.05, 0) is 41.0 Å². The van der Waals surface area contributed by atoms with Crippen LogP contribution in [-0.4, -0.2) is 53.5 Å². The Morgan fingerprint density at radius 2 is 1.47 bits per heavy atom. The molecule has 0 fully saturated rings. The average Bonchev–Trinajstić information content (AvgIpc) is 3.13. The van der Waals surface area contributed by atoms with Crippen LogP contribution in [0.25, 0.3) is 11.1 Å². The topological polar surface area (TPSA) is 125 Å². The van der Waals surface area contributed by atoms with E-state index in [2.05, 4.69) is 10.6 Å². The third-order valence-corrected chi connectivity index (χ3v) is 6.02. The lowest BCUT2D eigenvalue weighted by atomic mass is 9.98. The molecule has 2 aromatic rings. The van der Waals surface area contributed by atoms with Crippen molar-refractivity contribution in [2.75, 3.05) is 13.2 Å². The van der Waals surface area contributed by atoms with Crippen LogP contribution < -0.4 is 10.6 Å². The number of nitrogens with one attached hydrogen (secondary N) is 2. The van der Waals surface area contributed by atoms with Crippen LogP contribution in [0.4, 0.5) is 4.79 Å². The number of rotatable bonds is 11. The minimum absolute atomic E-state index is 0.109. The Morgan fingerprint density at radius 1 is 0.882 bits per heavy atom. The molecule has 0 saturated heterocycles. The predicted octanol–water partition coefficient (Wildman–Crippen LogP) is 3.28. The number of carbonyl (C=O) groups excluding carboxylic acids is 2. The van der Waals surface area contributed by atoms with Crippen molar-refractivity contribution in [3.63, 3.8) is 0 Å². The van der Waals surface area contributed by atoms with Gasteiger partial charge in [-0.25, -0.2) is 9.59 Å². The van der Waals surface area contributed by atoms with E-state index in [0.717, 1.165) is 22.3 Å². The fraction of sp³-hybridized carbons (Fsp3) is 0.423. The predicted molar refractivity (Wildman–Crippen MR) is 127 cm³/mol. The van der Waals surface area contributed by atoms with E-state index in [1.165, 1.54) is 0 Å². The van der Waals surface area contributed by atoms with E-state index in [9.17, 15) is 19.5 Å². The molecule has 8 nitrogen and oxygen atoms in total. The molecule has 0 heterocycles. The summed E-state index contributed by atoms with van der Waals surface area (Å²) in [6.07, 6.45) is 0.126. The molecular weight excluding hydrogens is 436 g/mol. The summed E-state index contributed by atoms with van der Waals surface area (Å²) in [7, 11) is 0. The van der Waals surface area contributed by atoms with Crippen molar-refractivity contribution in [3.05, 3.63) is 59.7 Å². The largest absolute Gasteiger partial charge is 0.480 e. The van der Waals surface area contributed by atoms with E-state index in [1.54, 1.807) is 0 Å². The Hall–Kier alpha value is -3.39.